The number of nitrogens with zero attached hydrogens (tertiary/aromatic N) is 6. The number of hydrogen-bond acceptors (Lipinski definition) is 7. The summed E-state index contributed by atoms with van der Waals surface area (Å²) < 4.78 is 13.1. The zero-order valence-electron chi connectivity index (χ0n) is 21.2. The van der Waals surface area contributed by atoms with Crippen LogP contribution < -0.4 is 4.74 Å². The summed E-state index contributed by atoms with van der Waals surface area (Å²) >= 11 is 6.75. The van der Waals surface area contributed by atoms with Crippen LogP contribution in [-0.2, 0) is 15.1 Å². The molecule has 194 valence electrons. The average molecular weight is 532 g/mol. The van der Waals surface area contributed by atoms with Crippen LogP contribution in [0.2, 0.25) is 5.02 Å². The summed E-state index contributed by atoms with van der Waals surface area (Å²) in [6.45, 7) is 7.86. The van der Waals surface area contributed by atoms with Gasteiger partial charge in [-0.15, -0.1) is 0 Å². The highest BCUT2D eigenvalue weighted by atomic mass is 35.5. The van der Waals surface area contributed by atoms with Crippen LogP contribution >= 0.6 is 11.6 Å². The van der Waals surface area contributed by atoms with Gasteiger partial charge in [0, 0.05) is 30.9 Å². The highest BCUT2D eigenvalue weighted by molar-refractivity contribution is 6.36. The molecule has 1 aliphatic rings. The average Bonchev–Trinajstić information content (AvgIpc) is 3.57. The molecule has 5 aromatic rings. The standard InChI is InChI=1S/C27H26ClN7O3/c1-16-31-19-5-4-18(12-21(19)32-16)38-23-7-6-20-25(24(23)28)33-22(14-29-20)17-13-30-35(15-17)27(2,3)26(36)34-8-10-37-11-9-34/h4-7,12-15H,8-11H2,1-3H3,(H,31,32). The van der Waals surface area contributed by atoms with Gasteiger partial charge in [-0.05, 0) is 45.0 Å². The lowest BCUT2D eigenvalue weighted by Crippen LogP contribution is -2.51. The Morgan fingerprint density at radius 3 is 2.71 bits per heavy atom. The molecule has 6 rings (SSSR count). The molecule has 0 unspecified atom stereocenters. The first-order valence-electron chi connectivity index (χ1n) is 12.3. The summed E-state index contributed by atoms with van der Waals surface area (Å²) in [5.41, 5.74) is 3.35. The first-order chi connectivity index (χ1) is 18.3. The van der Waals surface area contributed by atoms with Crippen molar-refractivity contribution in [3.63, 3.8) is 0 Å². The first kappa shape index (κ1) is 24.3. The number of ether oxygens (including phenoxy) is 2. The molecule has 1 fully saturated rings. The van der Waals surface area contributed by atoms with Crippen LogP contribution in [0, 0.1) is 6.92 Å². The zero-order valence-corrected chi connectivity index (χ0v) is 22.0. The fourth-order valence-corrected chi connectivity index (χ4v) is 4.80. The van der Waals surface area contributed by atoms with Gasteiger partial charge in [-0.1, -0.05) is 11.6 Å². The molecule has 0 saturated carbocycles. The highest BCUT2D eigenvalue weighted by Gasteiger charge is 2.35. The van der Waals surface area contributed by atoms with Crippen LogP contribution in [-0.4, -0.2) is 66.8 Å². The first-order valence-corrected chi connectivity index (χ1v) is 12.7. The van der Waals surface area contributed by atoms with E-state index in [9.17, 15) is 4.79 Å². The maximum Gasteiger partial charge on any atom is 0.250 e. The molecular weight excluding hydrogens is 506 g/mol. The van der Waals surface area contributed by atoms with Crippen molar-refractivity contribution in [1.29, 1.82) is 0 Å². The van der Waals surface area contributed by atoms with Crippen molar-refractivity contribution < 1.29 is 14.3 Å². The Kier molecular flexibility index (Phi) is 6.00. The van der Waals surface area contributed by atoms with E-state index in [0.717, 1.165) is 22.4 Å². The van der Waals surface area contributed by atoms with E-state index in [2.05, 4.69) is 20.1 Å². The predicted octanol–water partition coefficient (Wildman–Crippen LogP) is 4.72. The molecule has 0 bridgehead atoms. The van der Waals surface area contributed by atoms with Gasteiger partial charge in [-0.2, -0.15) is 5.10 Å². The van der Waals surface area contributed by atoms with E-state index in [0.29, 0.717) is 59.6 Å². The lowest BCUT2D eigenvalue weighted by molar-refractivity contribution is -0.143. The Morgan fingerprint density at radius 1 is 1.11 bits per heavy atom. The smallest absolute Gasteiger partial charge is 0.250 e. The molecule has 10 nitrogen and oxygen atoms in total. The monoisotopic (exact) mass is 531 g/mol. The maximum absolute atomic E-state index is 13.2. The normalized spacial score (nSPS) is 14.4. The number of benzene rings is 2. The summed E-state index contributed by atoms with van der Waals surface area (Å²) in [5.74, 6) is 1.92. The Balaban J connectivity index is 1.29. The van der Waals surface area contributed by atoms with Crippen molar-refractivity contribution in [2.75, 3.05) is 26.3 Å². The van der Waals surface area contributed by atoms with Crippen molar-refractivity contribution in [1.82, 2.24) is 34.6 Å². The van der Waals surface area contributed by atoms with Gasteiger partial charge in [0.05, 0.1) is 47.9 Å². The molecule has 38 heavy (non-hydrogen) atoms. The SMILES string of the molecule is Cc1nc2ccc(Oc3ccc4ncc(-c5cnn(C(C)(C)C(=O)N6CCOCC6)c5)nc4c3Cl)cc2[nH]1. The van der Waals surface area contributed by atoms with Crippen molar-refractivity contribution in [2.45, 2.75) is 26.3 Å². The molecule has 3 aromatic heterocycles. The Labute approximate surface area is 223 Å². The molecule has 11 heteroatoms. The second kappa shape index (κ2) is 9.38. The second-order valence-electron chi connectivity index (χ2n) is 9.74. The molecule has 4 heterocycles. The van der Waals surface area contributed by atoms with E-state index in [4.69, 9.17) is 26.1 Å². The third kappa shape index (κ3) is 4.35. The predicted molar refractivity (Wildman–Crippen MR) is 143 cm³/mol. The molecule has 0 spiro atoms. The highest BCUT2D eigenvalue weighted by Crippen LogP contribution is 2.36. The van der Waals surface area contributed by atoms with Crippen LogP contribution in [0.3, 0.4) is 0 Å². The van der Waals surface area contributed by atoms with Gasteiger partial charge in [0.2, 0.25) is 5.91 Å². The quantitative estimate of drug-likeness (QED) is 0.349. The molecule has 1 amide bonds. The summed E-state index contributed by atoms with van der Waals surface area (Å²) in [6.07, 6.45) is 5.16. The van der Waals surface area contributed by atoms with Gasteiger partial charge in [0.15, 0.2) is 0 Å². The van der Waals surface area contributed by atoms with E-state index >= 15 is 0 Å². The number of H-pyrrole nitrogens is 1. The van der Waals surface area contributed by atoms with Gasteiger partial charge < -0.3 is 19.4 Å². The minimum absolute atomic E-state index is 0.00615. The number of hydrogen-bond donors (Lipinski definition) is 1. The Bertz CT molecular complexity index is 1670. The molecule has 0 aliphatic carbocycles. The number of aromatic nitrogens is 6. The molecule has 1 aliphatic heterocycles. The third-order valence-electron chi connectivity index (χ3n) is 6.69. The lowest BCUT2D eigenvalue weighted by atomic mass is 10.0. The van der Waals surface area contributed by atoms with Crippen LogP contribution in [0.15, 0.2) is 48.9 Å². The van der Waals surface area contributed by atoms with Gasteiger partial charge in [0.25, 0.3) is 0 Å². The number of morpholine rings is 1. The number of aromatic amines is 1. The van der Waals surface area contributed by atoms with E-state index in [1.807, 2.05) is 56.1 Å². The largest absolute Gasteiger partial charge is 0.456 e. The Morgan fingerprint density at radius 2 is 1.89 bits per heavy atom. The number of carbonyl (C=O) groups excluding carboxylic acids is 1. The fraction of sp³-hybridized carbons (Fsp3) is 0.296. The van der Waals surface area contributed by atoms with Crippen molar-refractivity contribution >= 4 is 39.6 Å². The topological polar surface area (TPSA) is 111 Å². The summed E-state index contributed by atoms with van der Waals surface area (Å²) in [7, 11) is 0. The van der Waals surface area contributed by atoms with E-state index in [1.165, 1.54) is 0 Å². The molecule has 2 aromatic carbocycles. The van der Waals surface area contributed by atoms with Gasteiger partial charge in [-0.3, -0.25) is 14.5 Å². The molecule has 1 saturated heterocycles. The summed E-state index contributed by atoms with van der Waals surface area (Å²) in [6, 6.07) is 9.22. The number of aryl methyl sites for hydroxylation is 1. The van der Waals surface area contributed by atoms with Gasteiger partial charge in [-0.25, -0.2) is 9.97 Å². The van der Waals surface area contributed by atoms with Crippen LogP contribution in [0.5, 0.6) is 11.5 Å². The van der Waals surface area contributed by atoms with Gasteiger partial charge >= 0.3 is 0 Å². The molecule has 0 atom stereocenters. The number of halogens is 1. The van der Waals surface area contributed by atoms with E-state index < -0.39 is 5.54 Å². The molecule has 0 radical (unpaired) electrons. The number of nitrogens with one attached hydrogen (secondary N) is 1. The lowest BCUT2D eigenvalue weighted by Gasteiger charge is -2.34. The Hall–Kier alpha value is -4.02. The van der Waals surface area contributed by atoms with E-state index in [1.54, 1.807) is 23.1 Å². The van der Waals surface area contributed by atoms with Crippen molar-refractivity contribution in [3.8, 4) is 22.8 Å². The second-order valence-corrected chi connectivity index (χ2v) is 10.1. The van der Waals surface area contributed by atoms with Crippen LogP contribution in [0.1, 0.15) is 19.7 Å². The third-order valence-corrected chi connectivity index (χ3v) is 7.06. The number of amides is 1. The van der Waals surface area contributed by atoms with Gasteiger partial charge in [0.1, 0.15) is 33.4 Å². The molecular formula is C27H26ClN7O3. The van der Waals surface area contributed by atoms with Crippen molar-refractivity contribution in [2.24, 2.45) is 0 Å². The minimum Gasteiger partial charge on any atom is -0.456 e. The van der Waals surface area contributed by atoms with Crippen LogP contribution in [0.25, 0.3) is 33.3 Å². The van der Waals surface area contributed by atoms with E-state index in [-0.39, 0.29) is 5.91 Å². The maximum atomic E-state index is 13.2. The summed E-state index contributed by atoms with van der Waals surface area (Å²) in [5, 5.41) is 4.84. The zero-order chi connectivity index (χ0) is 26.4. The van der Waals surface area contributed by atoms with Crippen LogP contribution in [0.4, 0.5) is 0 Å². The number of imidazole rings is 1. The number of rotatable bonds is 5. The fourth-order valence-electron chi connectivity index (χ4n) is 4.56. The van der Waals surface area contributed by atoms with Crippen molar-refractivity contribution in [3.05, 3.63) is 59.8 Å². The number of carbonyl (C=O) groups is 1. The molecule has 1 N–H and O–H groups in total. The summed E-state index contributed by atoms with van der Waals surface area (Å²) in [4.78, 5) is 32.0. The minimum atomic E-state index is -0.868. The number of fused-ring (bicyclic) bond motifs is 2.